The summed E-state index contributed by atoms with van der Waals surface area (Å²) in [7, 11) is 1.61. The van der Waals surface area contributed by atoms with E-state index in [0.717, 1.165) is 6.42 Å². The molecule has 0 aromatic heterocycles. The van der Waals surface area contributed by atoms with E-state index in [-0.39, 0.29) is 17.3 Å². The van der Waals surface area contributed by atoms with Crippen molar-refractivity contribution in [1.82, 2.24) is 0 Å². The predicted octanol–water partition coefficient (Wildman–Crippen LogP) is 2.96. The Labute approximate surface area is 105 Å². The summed E-state index contributed by atoms with van der Waals surface area (Å²) in [5.41, 5.74) is -1.33. The van der Waals surface area contributed by atoms with Crippen LogP contribution in [0.15, 0.2) is 0 Å². The SMILES string of the molecule is CCC(C)(OC)C(=O)C1CC(C)(C)OC1(C)C. The van der Waals surface area contributed by atoms with Gasteiger partial charge in [0.05, 0.1) is 17.1 Å². The van der Waals surface area contributed by atoms with Crippen molar-refractivity contribution in [3.63, 3.8) is 0 Å². The van der Waals surface area contributed by atoms with Gasteiger partial charge in [-0.3, -0.25) is 4.79 Å². The average molecular weight is 242 g/mol. The first-order valence-corrected chi connectivity index (χ1v) is 6.37. The lowest BCUT2D eigenvalue weighted by atomic mass is 9.77. The first-order valence-electron chi connectivity index (χ1n) is 6.37. The van der Waals surface area contributed by atoms with E-state index in [2.05, 4.69) is 0 Å². The maximum atomic E-state index is 12.6. The summed E-state index contributed by atoms with van der Waals surface area (Å²) < 4.78 is 11.4. The number of carbonyl (C=O) groups is 1. The van der Waals surface area contributed by atoms with E-state index in [1.807, 2.05) is 41.5 Å². The quantitative estimate of drug-likeness (QED) is 0.760. The number of Topliss-reactive ketones (excluding diaryl/α,β-unsaturated/α-hetero) is 1. The highest BCUT2D eigenvalue weighted by Crippen LogP contribution is 2.44. The number of ether oxygens (including phenoxy) is 2. The minimum Gasteiger partial charge on any atom is -0.371 e. The lowest BCUT2D eigenvalue weighted by molar-refractivity contribution is -0.149. The number of ketones is 1. The van der Waals surface area contributed by atoms with Crippen molar-refractivity contribution in [1.29, 1.82) is 0 Å². The van der Waals surface area contributed by atoms with Crippen LogP contribution in [0.25, 0.3) is 0 Å². The van der Waals surface area contributed by atoms with E-state index in [9.17, 15) is 4.79 Å². The van der Waals surface area contributed by atoms with Gasteiger partial charge in [-0.25, -0.2) is 0 Å². The molecule has 2 unspecified atom stereocenters. The summed E-state index contributed by atoms with van der Waals surface area (Å²) in [6.45, 7) is 11.9. The molecule has 0 saturated carbocycles. The van der Waals surface area contributed by atoms with Crippen molar-refractivity contribution in [2.75, 3.05) is 7.11 Å². The Kier molecular flexibility index (Phi) is 3.76. The van der Waals surface area contributed by atoms with Crippen LogP contribution in [0.3, 0.4) is 0 Å². The Bertz CT molecular complexity index is 301. The first-order chi connectivity index (χ1) is 7.58. The highest BCUT2D eigenvalue weighted by atomic mass is 16.5. The molecule has 1 rings (SSSR count). The lowest BCUT2D eigenvalue weighted by Crippen LogP contribution is -2.46. The summed E-state index contributed by atoms with van der Waals surface area (Å²) in [6, 6.07) is 0. The first kappa shape index (κ1) is 14.7. The zero-order valence-corrected chi connectivity index (χ0v) is 12.2. The van der Waals surface area contributed by atoms with Crippen molar-refractivity contribution in [3.8, 4) is 0 Å². The summed E-state index contributed by atoms with van der Waals surface area (Å²) in [5.74, 6) is 0.0699. The van der Waals surface area contributed by atoms with Crippen molar-refractivity contribution in [2.45, 2.75) is 71.2 Å². The van der Waals surface area contributed by atoms with E-state index in [1.165, 1.54) is 0 Å². The van der Waals surface area contributed by atoms with Crippen LogP contribution in [0.4, 0.5) is 0 Å². The highest BCUT2D eigenvalue weighted by Gasteiger charge is 2.52. The molecule has 0 aromatic carbocycles. The Morgan fingerprint density at radius 1 is 1.41 bits per heavy atom. The fourth-order valence-electron chi connectivity index (χ4n) is 2.76. The van der Waals surface area contributed by atoms with Gasteiger partial charge in [-0.1, -0.05) is 6.92 Å². The molecule has 100 valence electrons. The molecule has 3 nitrogen and oxygen atoms in total. The third kappa shape index (κ3) is 2.71. The van der Waals surface area contributed by atoms with E-state index in [1.54, 1.807) is 7.11 Å². The van der Waals surface area contributed by atoms with Gasteiger partial charge in [0, 0.05) is 7.11 Å². The van der Waals surface area contributed by atoms with Crippen LogP contribution in [0.2, 0.25) is 0 Å². The fraction of sp³-hybridized carbons (Fsp3) is 0.929. The smallest absolute Gasteiger partial charge is 0.170 e. The number of methoxy groups -OCH3 is 1. The standard InChI is InChI=1S/C14H26O3/c1-8-14(6,16-7)11(15)10-9-12(2,3)17-13(10,4)5/h10H,8-9H2,1-7H3. The maximum absolute atomic E-state index is 12.6. The highest BCUT2D eigenvalue weighted by molar-refractivity contribution is 5.90. The van der Waals surface area contributed by atoms with Crippen LogP contribution in [-0.4, -0.2) is 29.7 Å². The number of hydrogen-bond donors (Lipinski definition) is 0. The molecule has 1 heterocycles. The molecule has 17 heavy (non-hydrogen) atoms. The third-order valence-corrected chi connectivity index (χ3v) is 4.04. The monoisotopic (exact) mass is 242 g/mol. The van der Waals surface area contributed by atoms with Crippen LogP contribution < -0.4 is 0 Å². The lowest BCUT2D eigenvalue weighted by Gasteiger charge is -2.33. The van der Waals surface area contributed by atoms with Crippen molar-refractivity contribution < 1.29 is 14.3 Å². The van der Waals surface area contributed by atoms with Crippen LogP contribution in [-0.2, 0) is 14.3 Å². The van der Waals surface area contributed by atoms with Gasteiger partial charge < -0.3 is 9.47 Å². The van der Waals surface area contributed by atoms with E-state index < -0.39 is 11.2 Å². The molecule has 0 aromatic rings. The van der Waals surface area contributed by atoms with Gasteiger partial charge in [-0.2, -0.15) is 0 Å². The summed E-state index contributed by atoms with van der Waals surface area (Å²) >= 11 is 0. The van der Waals surface area contributed by atoms with Gasteiger partial charge in [-0.15, -0.1) is 0 Å². The van der Waals surface area contributed by atoms with Crippen molar-refractivity contribution >= 4 is 5.78 Å². The minimum absolute atomic E-state index is 0.0950. The molecule has 0 bridgehead atoms. The molecule has 1 fully saturated rings. The van der Waals surface area contributed by atoms with Gasteiger partial charge in [0.25, 0.3) is 0 Å². The van der Waals surface area contributed by atoms with Crippen LogP contribution in [0, 0.1) is 5.92 Å². The Balaban J connectivity index is 2.98. The third-order valence-electron chi connectivity index (χ3n) is 4.04. The van der Waals surface area contributed by atoms with Crippen molar-refractivity contribution in [2.24, 2.45) is 5.92 Å². The molecule has 1 aliphatic rings. The van der Waals surface area contributed by atoms with E-state index in [4.69, 9.17) is 9.47 Å². The molecular weight excluding hydrogens is 216 g/mol. The van der Waals surface area contributed by atoms with Gasteiger partial charge >= 0.3 is 0 Å². The maximum Gasteiger partial charge on any atom is 0.170 e. The summed E-state index contributed by atoms with van der Waals surface area (Å²) in [5, 5.41) is 0. The van der Waals surface area contributed by atoms with E-state index in [0.29, 0.717) is 6.42 Å². The Morgan fingerprint density at radius 3 is 2.24 bits per heavy atom. The van der Waals surface area contributed by atoms with Gasteiger partial charge in [-0.05, 0) is 47.5 Å². The Morgan fingerprint density at radius 2 is 1.94 bits per heavy atom. The zero-order valence-electron chi connectivity index (χ0n) is 12.2. The topological polar surface area (TPSA) is 35.5 Å². The normalized spacial score (nSPS) is 29.9. The second-order valence-corrected chi connectivity index (χ2v) is 6.37. The van der Waals surface area contributed by atoms with Gasteiger partial charge in [0.15, 0.2) is 5.78 Å². The van der Waals surface area contributed by atoms with Gasteiger partial charge in [0.2, 0.25) is 0 Å². The van der Waals surface area contributed by atoms with Crippen LogP contribution in [0.5, 0.6) is 0 Å². The molecular formula is C14H26O3. The minimum atomic E-state index is -0.689. The second-order valence-electron chi connectivity index (χ2n) is 6.37. The summed E-state index contributed by atoms with van der Waals surface area (Å²) in [4.78, 5) is 12.6. The molecule has 0 radical (unpaired) electrons. The average Bonchev–Trinajstić information content (AvgIpc) is 2.44. The van der Waals surface area contributed by atoms with Crippen molar-refractivity contribution in [3.05, 3.63) is 0 Å². The van der Waals surface area contributed by atoms with Gasteiger partial charge in [0.1, 0.15) is 5.60 Å². The largest absolute Gasteiger partial charge is 0.371 e. The van der Waals surface area contributed by atoms with Crippen LogP contribution in [0.1, 0.15) is 54.4 Å². The molecule has 1 aliphatic heterocycles. The molecule has 1 saturated heterocycles. The number of rotatable bonds is 4. The summed E-state index contributed by atoms with van der Waals surface area (Å²) in [6.07, 6.45) is 1.45. The van der Waals surface area contributed by atoms with E-state index >= 15 is 0 Å². The second kappa shape index (κ2) is 4.36. The predicted molar refractivity (Wildman–Crippen MR) is 68.1 cm³/mol. The molecule has 0 aliphatic carbocycles. The fourth-order valence-corrected chi connectivity index (χ4v) is 2.76. The number of hydrogen-bond acceptors (Lipinski definition) is 3. The molecule has 0 amide bonds. The molecule has 0 spiro atoms. The molecule has 2 atom stereocenters. The molecule has 3 heteroatoms. The Hall–Kier alpha value is -0.410. The number of carbonyl (C=O) groups excluding carboxylic acids is 1. The van der Waals surface area contributed by atoms with Crippen LogP contribution >= 0.6 is 0 Å². The molecule has 0 N–H and O–H groups in total. The zero-order chi connectivity index (χ0) is 13.5.